The number of nitrogens with two attached hydrogens (primary N) is 1. The topological polar surface area (TPSA) is 49.5 Å². The normalized spacial score (nSPS) is 10.6. The number of nitrogens with zero attached hydrogens (tertiary/aromatic N) is 1. The average Bonchev–Trinajstić information content (AvgIpc) is 1.85. The van der Waals surface area contributed by atoms with Crippen molar-refractivity contribution in [2.45, 2.75) is 0 Å². The lowest BCUT2D eigenvalue weighted by Crippen LogP contribution is -2.15. The average molecular weight is 130 g/mol. The van der Waals surface area contributed by atoms with E-state index in [1.54, 1.807) is 0 Å². The number of aliphatic hydroxyl groups is 1. The number of hydrogen-bond donors (Lipinski definition) is 2. The third-order valence-electron chi connectivity index (χ3n) is 0.949. The molecule has 0 aromatic heterocycles. The van der Waals surface area contributed by atoms with Crippen LogP contribution >= 0.6 is 0 Å². The van der Waals surface area contributed by atoms with Gasteiger partial charge in [-0.1, -0.05) is 6.08 Å². The molecule has 0 unspecified atom stereocenters. The number of aliphatic hydroxyl groups excluding tert-OH is 1. The standard InChI is InChI=1S/C6H14N2O/c1-8(5-6-9)4-2-3-7/h2,4,9H,3,5-7H2,1H3/b4-2+. The zero-order valence-corrected chi connectivity index (χ0v) is 5.75. The van der Waals surface area contributed by atoms with Crippen molar-refractivity contribution in [3.63, 3.8) is 0 Å². The smallest absolute Gasteiger partial charge is 0.0606 e. The van der Waals surface area contributed by atoms with Gasteiger partial charge < -0.3 is 15.7 Å². The van der Waals surface area contributed by atoms with Crippen molar-refractivity contribution in [1.82, 2.24) is 4.90 Å². The summed E-state index contributed by atoms with van der Waals surface area (Å²) >= 11 is 0. The lowest BCUT2D eigenvalue weighted by atomic mass is 10.5. The fourth-order valence-electron chi connectivity index (χ4n) is 0.473. The first-order valence-corrected chi connectivity index (χ1v) is 2.99. The summed E-state index contributed by atoms with van der Waals surface area (Å²) in [6, 6.07) is 0. The lowest BCUT2D eigenvalue weighted by molar-refractivity contribution is 0.254. The van der Waals surface area contributed by atoms with Crippen LogP contribution in [-0.4, -0.2) is 36.8 Å². The molecule has 0 spiro atoms. The van der Waals surface area contributed by atoms with Crippen molar-refractivity contribution >= 4 is 0 Å². The summed E-state index contributed by atoms with van der Waals surface area (Å²) in [7, 11) is 1.89. The highest BCUT2D eigenvalue weighted by molar-refractivity contribution is 4.80. The van der Waals surface area contributed by atoms with Gasteiger partial charge in [0.25, 0.3) is 0 Å². The van der Waals surface area contributed by atoms with Gasteiger partial charge in [0.05, 0.1) is 6.61 Å². The van der Waals surface area contributed by atoms with E-state index in [1.807, 2.05) is 24.2 Å². The molecule has 0 radical (unpaired) electrons. The minimum atomic E-state index is 0.186. The summed E-state index contributed by atoms with van der Waals surface area (Å²) in [5.74, 6) is 0. The van der Waals surface area contributed by atoms with E-state index in [0.717, 1.165) is 0 Å². The van der Waals surface area contributed by atoms with Crippen LogP contribution in [0.15, 0.2) is 12.3 Å². The predicted molar refractivity (Wildman–Crippen MR) is 37.9 cm³/mol. The summed E-state index contributed by atoms with van der Waals surface area (Å²) in [5.41, 5.74) is 5.20. The Morgan fingerprint density at radius 1 is 1.67 bits per heavy atom. The number of rotatable bonds is 4. The van der Waals surface area contributed by atoms with Gasteiger partial charge in [0.15, 0.2) is 0 Å². The van der Waals surface area contributed by atoms with Gasteiger partial charge in [0.1, 0.15) is 0 Å². The van der Waals surface area contributed by atoms with E-state index in [1.165, 1.54) is 0 Å². The maximum Gasteiger partial charge on any atom is 0.0606 e. The van der Waals surface area contributed by atoms with Gasteiger partial charge in [0, 0.05) is 20.1 Å². The van der Waals surface area contributed by atoms with Gasteiger partial charge in [-0.25, -0.2) is 0 Å². The summed E-state index contributed by atoms with van der Waals surface area (Å²) in [4.78, 5) is 1.88. The second kappa shape index (κ2) is 5.59. The lowest BCUT2D eigenvalue weighted by Gasteiger charge is -2.10. The van der Waals surface area contributed by atoms with Gasteiger partial charge in [-0.05, 0) is 6.20 Å². The summed E-state index contributed by atoms with van der Waals surface area (Å²) in [5, 5.41) is 8.43. The van der Waals surface area contributed by atoms with Gasteiger partial charge in [0.2, 0.25) is 0 Å². The highest BCUT2D eigenvalue weighted by atomic mass is 16.3. The third kappa shape index (κ3) is 5.33. The molecule has 0 atom stereocenters. The maximum absolute atomic E-state index is 8.43. The van der Waals surface area contributed by atoms with Crippen LogP contribution in [0.2, 0.25) is 0 Å². The van der Waals surface area contributed by atoms with Crippen molar-refractivity contribution in [2.24, 2.45) is 5.73 Å². The van der Waals surface area contributed by atoms with Crippen LogP contribution in [0.4, 0.5) is 0 Å². The Kier molecular flexibility index (Phi) is 5.26. The quantitative estimate of drug-likeness (QED) is 0.533. The van der Waals surface area contributed by atoms with Crippen LogP contribution in [0, 0.1) is 0 Å². The minimum absolute atomic E-state index is 0.186. The van der Waals surface area contributed by atoms with Crippen molar-refractivity contribution in [3.8, 4) is 0 Å². The monoisotopic (exact) mass is 130 g/mol. The van der Waals surface area contributed by atoms with E-state index in [-0.39, 0.29) is 6.61 Å². The van der Waals surface area contributed by atoms with Crippen LogP contribution in [-0.2, 0) is 0 Å². The first-order valence-electron chi connectivity index (χ1n) is 2.99. The molecule has 3 heteroatoms. The molecule has 3 nitrogen and oxygen atoms in total. The highest BCUT2D eigenvalue weighted by Crippen LogP contribution is 1.80. The summed E-state index contributed by atoms with van der Waals surface area (Å²) in [6.07, 6.45) is 3.70. The molecule has 0 saturated heterocycles. The molecule has 0 heterocycles. The van der Waals surface area contributed by atoms with E-state index < -0.39 is 0 Å². The second-order valence-electron chi connectivity index (χ2n) is 1.82. The summed E-state index contributed by atoms with van der Waals surface area (Å²) < 4.78 is 0. The van der Waals surface area contributed by atoms with Crippen LogP contribution in [0.1, 0.15) is 0 Å². The summed E-state index contributed by atoms with van der Waals surface area (Å²) in [6.45, 7) is 1.40. The van der Waals surface area contributed by atoms with E-state index in [4.69, 9.17) is 10.8 Å². The Balaban J connectivity index is 3.25. The van der Waals surface area contributed by atoms with Crippen LogP contribution < -0.4 is 5.73 Å². The fraction of sp³-hybridized carbons (Fsp3) is 0.667. The maximum atomic E-state index is 8.43. The molecule has 0 aliphatic rings. The van der Waals surface area contributed by atoms with Crippen LogP contribution in [0.3, 0.4) is 0 Å². The van der Waals surface area contributed by atoms with Gasteiger partial charge >= 0.3 is 0 Å². The van der Waals surface area contributed by atoms with E-state index in [0.29, 0.717) is 13.1 Å². The molecule has 0 bridgehead atoms. The zero-order chi connectivity index (χ0) is 7.11. The van der Waals surface area contributed by atoms with Gasteiger partial charge in [-0.15, -0.1) is 0 Å². The Morgan fingerprint density at radius 2 is 2.33 bits per heavy atom. The molecule has 3 N–H and O–H groups in total. The molecule has 54 valence electrons. The van der Waals surface area contributed by atoms with Crippen molar-refractivity contribution in [3.05, 3.63) is 12.3 Å². The van der Waals surface area contributed by atoms with E-state index >= 15 is 0 Å². The molecule has 0 aromatic carbocycles. The highest BCUT2D eigenvalue weighted by Gasteiger charge is 1.84. The SMILES string of the molecule is CN(/C=C/CN)CCO. The van der Waals surface area contributed by atoms with Crippen molar-refractivity contribution in [1.29, 1.82) is 0 Å². The molecule has 0 rings (SSSR count). The third-order valence-corrected chi connectivity index (χ3v) is 0.949. The Labute approximate surface area is 55.8 Å². The molecule has 0 aliphatic carbocycles. The second-order valence-corrected chi connectivity index (χ2v) is 1.82. The van der Waals surface area contributed by atoms with Crippen molar-refractivity contribution < 1.29 is 5.11 Å². The van der Waals surface area contributed by atoms with Gasteiger partial charge in [-0.2, -0.15) is 0 Å². The minimum Gasteiger partial charge on any atom is -0.395 e. The first-order chi connectivity index (χ1) is 4.31. The molecular weight excluding hydrogens is 116 g/mol. The molecule has 9 heavy (non-hydrogen) atoms. The molecule has 0 saturated carbocycles. The van der Waals surface area contributed by atoms with E-state index in [9.17, 15) is 0 Å². The predicted octanol–water partition coefficient (Wildman–Crippen LogP) is -0.617. The Bertz CT molecular complexity index is 83.1. The number of hydrogen-bond acceptors (Lipinski definition) is 3. The van der Waals surface area contributed by atoms with Crippen LogP contribution in [0.25, 0.3) is 0 Å². The molecule has 0 aromatic rings. The molecule has 0 fully saturated rings. The number of likely N-dealkylation sites (N-methyl/N-ethyl adjacent to an activating group) is 1. The van der Waals surface area contributed by atoms with E-state index in [2.05, 4.69) is 0 Å². The Hall–Kier alpha value is -0.540. The molecule has 0 aliphatic heterocycles. The van der Waals surface area contributed by atoms with Crippen LogP contribution in [0.5, 0.6) is 0 Å². The van der Waals surface area contributed by atoms with Gasteiger partial charge in [-0.3, -0.25) is 0 Å². The van der Waals surface area contributed by atoms with Crippen molar-refractivity contribution in [2.75, 3.05) is 26.7 Å². The molecular formula is C6H14N2O. The Morgan fingerprint density at radius 3 is 2.78 bits per heavy atom. The zero-order valence-electron chi connectivity index (χ0n) is 5.75. The largest absolute Gasteiger partial charge is 0.395 e. The fourth-order valence-corrected chi connectivity index (χ4v) is 0.473. The first kappa shape index (κ1) is 8.46. The molecule has 0 amide bonds.